The number of nitrogen functional groups attached to an aromatic ring is 1. The first kappa shape index (κ1) is 20.1. The van der Waals surface area contributed by atoms with Crippen LogP contribution in [0.4, 0.5) is 11.6 Å². The molecule has 8 heteroatoms. The number of methoxy groups -OCH3 is 2. The van der Waals surface area contributed by atoms with E-state index in [1.165, 1.54) is 25.7 Å². The second-order valence-electron chi connectivity index (χ2n) is 8.66. The van der Waals surface area contributed by atoms with Crippen molar-refractivity contribution in [3.63, 3.8) is 0 Å². The number of aromatic nitrogens is 3. The molecule has 0 amide bonds. The van der Waals surface area contributed by atoms with Gasteiger partial charge in [-0.15, -0.1) is 0 Å². The van der Waals surface area contributed by atoms with E-state index < -0.39 is 0 Å². The Morgan fingerprint density at radius 2 is 1.77 bits per heavy atom. The molecule has 2 N–H and O–H groups in total. The Labute approximate surface area is 186 Å². The van der Waals surface area contributed by atoms with E-state index >= 15 is 0 Å². The van der Waals surface area contributed by atoms with Crippen LogP contribution in [0.5, 0.6) is 11.5 Å². The predicted octanol–water partition coefficient (Wildman–Crippen LogP) is 4.63. The lowest BCUT2D eigenvalue weighted by Gasteiger charge is -2.49. The van der Waals surface area contributed by atoms with E-state index in [0.29, 0.717) is 39.1 Å². The first-order valence-electron chi connectivity index (χ1n) is 10.5. The highest BCUT2D eigenvalue weighted by Gasteiger charge is 2.45. The fourth-order valence-electron chi connectivity index (χ4n) is 5.07. The Morgan fingerprint density at radius 1 is 1.06 bits per heavy atom. The van der Waals surface area contributed by atoms with E-state index in [-0.39, 0.29) is 0 Å². The first-order valence-corrected chi connectivity index (χ1v) is 10.9. The van der Waals surface area contributed by atoms with Gasteiger partial charge in [-0.1, -0.05) is 24.4 Å². The maximum atomic E-state index is 6.72. The molecule has 0 atom stereocenters. The van der Waals surface area contributed by atoms with Crippen molar-refractivity contribution in [2.24, 2.45) is 5.41 Å². The fraction of sp³-hybridized carbons (Fsp3) is 0.435. The van der Waals surface area contributed by atoms with Crippen LogP contribution in [0.2, 0.25) is 5.02 Å². The maximum absolute atomic E-state index is 6.72. The van der Waals surface area contributed by atoms with Gasteiger partial charge in [0.25, 0.3) is 0 Å². The quantitative estimate of drug-likeness (QED) is 0.633. The summed E-state index contributed by atoms with van der Waals surface area (Å²) in [7, 11) is 3.21. The summed E-state index contributed by atoms with van der Waals surface area (Å²) < 4.78 is 11.0. The van der Waals surface area contributed by atoms with Crippen LogP contribution in [0.1, 0.15) is 31.2 Å². The number of nitrogens with zero attached hydrogens (tertiary/aromatic N) is 4. The first-order chi connectivity index (χ1) is 14.9. The third-order valence-electron chi connectivity index (χ3n) is 6.71. The number of anilines is 2. The minimum atomic E-state index is 0.433. The summed E-state index contributed by atoms with van der Waals surface area (Å²) in [6.45, 7) is 3.97. The lowest BCUT2D eigenvalue weighted by Crippen LogP contribution is -2.55. The van der Waals surface area contributed by atoms with E-state index in [9.17, 15) is 0 Å². The van der Waals surface area contributed by atoms with Crippen LogP contribution in [-0.2, 0) is 0 Å². The number of nitrogens with two attached hydrogens (primary N) is 1. The highest BCUT2D eigenvalue weighted by Crippen LogP contribution is 2.48. The molecule has 5 rings (SSSR count). The van der Waals surface area contributed by atoms with Crippen LogP contribution in [0.15, 0.2) is 18.3 Å². The minimum Gasteiger partial charge on any atom is -0.496 e. The zero-order valence-electron chi connectivity index (χ0n) is 18.0. The number of hydrogen-bond donors (Lipinski definition) is 1. The average molecular weight is 440 g/mol. The van der Waals surface area contributed by atoms with Gasteiger partial charge in [0.1, 0.15) is 23.1 Å². The molecule has 1 spiro atoms. The molecule has 31 heavy (non-hydrogen) atoms. The number of fused-ring (bicyclic) bond motifs is 1. The highest BCUT2D eigenvalue weighted by molar-refractivity contribution is 6.35. The van der Waals surface area contributed by atoms with E-state index in [1.54, 1.807) is 26.5 Å². The molecule has 7 nitrogen and oxygen atoms in total. The van der Waals surface area contributed by atoms with Crippen LogP contribution in [0.3, 0.4) is 0 Å². The molecule has 1 aliphatic heterocycles. The smallest absolute Gasteiger partial charge is 0.164 e. The normalized spacial score (nSPS) is 17.2. The monoisotopic (exact) mass is 439 g/mol. The summed E-state index contributed by atoms with van der Waals surface area (Å²) in [4.78, 5) is 16.4. The van der Waals surface area contributed by atoms with E-state index in [0.717, 1.165) is 35.4 Å². The largest absolute Gasteiger partial charge is 0.496 e. The van der Waals surface area contributed by atoms with Crippen LogP contribution in [-0.4, -0.2) is 42.3 Å². The number of benzene rings is 1. The molecule has 0 unspecified atom stereocenters. The summed E-state index contributed by atoms with van der Waals surface area (Å²) in [5.41, 5.74) is 8.73. The van der Waals surface area contributed by atoms with Crippen molar-refractivity contribution >= 4 is 34.1 Å². The molecule has 0 bridgehead atoms. The summed E-state index contributed by atoms with van der Waals surface area (Å²) in [5, 5.41) is 1.37. The summed E-state index contributed by atoms with van der Waals surface area (Å²) >= 11 is 6.72. The fourth-order valence-corrected chi connectivity index (χ4v) is 5.43. The SMILES string of the molecule is COc1cc(OC)c(Cl)c(-c2nc(N3CC4(CCCC4)C3)c3cc(N)ncc3n2)c1C. The Morgan fingerprint density at radius 3 is 2.45 bits per heavy atom. The average Bonchev–Trinajstić information content (AvgIpc) is 3.23. The summed E-state index contributed by atoms with van der Waals surface area (Å²) in [6.07, 6.45) is 6.92. The van der Waals surface area contributed by atoms with Gasteiger partial charge in [0.15, 0.2) is 5.82 Å². The van der Waals surface area contributed by atoms with Gasteiger partial charge < -0.3 is 20.1 Å². The molecule has 2 aromatic heterocycles. The van der Waals surface area contributed by atoms with Crippen molar-refractivity contribution in [2.45, 2.75) is 32.6 Å². The van der Waals surface area contributed by atoms with Gasteiger partial charge in [-0.05, 0) is 25.8 Å². The molecule has 1 saturated carbocycles. The van der Waals surface area contributed by atoms with Crippen molar-refractivity contribution in [3.05, 3.63) is 28.9 Å². The van der Waals surface area contributed by atoms with Gasteiger partial charge in [0.05, 0.1) is 31.0 Å². The number of rotatable bonds is 4. The Bertz CT molecular complexity index is 1140. The van der Waals surface area contributed by atoms with Gasteiger partial charge in [-0.25, -0.2) is 15.0 Å². The summed E-state index contributed by atoms with van der Waals surface area (Å²) in [6, 6.07) is 3.64. The topological polar surface area (TPSA) is 86.4 Å². The molecule has 2 fully saturated rings. The molecule has 1 aromatic carbocycles. The van der Waals surface area contributed by atoms with E-state index in [2.05, 4.69) is 9.88 Å². The summed E-state index contributed by atoms with van der Waals surface area (Å²) in [5.74, 6) is 3.06. The highest BCUT2D eigenvalue weighted by atomic mass is 35.5. The number of pyridine rings is 1. The van der Waals surface area contributed by atoms with Crippen molar-refractivity contribution < 1.29 is 9.47 Å². The Kier molecular flexibility index (Phi) is 4.81. The lowest BCUT2D eigenvalue weighted by molar-refractivity contribution is 0.221. The van der Waals surface area contributed by atoms with Crippen LogP contribution in [0.25, 0.3) is 22.3 Å². The third kappa shape index (κ3) is 3.22. The molecular weight excluding hydrogens is 414 g/mol. The zero-order chi connectivity index (χ0) is 21.8. The van der Waals surface area contributed by atoms with E-state index in [4.69, 9.17) is 36.8 Å². The Hall–Kier alpha value is -2.80. The molecule has 3 heterocycles. The van der Waals surface area contributed by atoms with Crippen LogP contribution >= 0.6 is 11.6 Å². The predicted molar refractivity (Wildman–Crippen MR) is 123 cm³/mol. The van der Waals surface area contributed by atoms with Crippen molar-refractivity contribution in [2.75, 3.05) is 37.9 Å². The molecule has 1 saturated heterocycles. The van der Waals surface area contributed by atoms with Gasteiger partial charge in [-0.2, -0.15) is 0 Å². The number of halogens is 1. The number of hydrogen-bond acceptors (Lipinski definition) is 7. The van der Waals surface area contributed by atoms with Gasteiger partial charge in [-0.3, -0.25) is 0 Å². The Balaban J connectivity index is 1.69. The van der Waals surface area contributed by atoms with Crippen LogP contribution in [0, 0.1) is 12.3 Å². The maximum Gasteiger partial charge on any atom is 0.164 e. The second kappa shape index (κ2) is 7.41. The van der Waals surface area contributed by atoms with Crippen molar-refractivity contribution in [1.29, 1.82) is 0 Å². The molecule has 0 radical (unpaired) electrons. The van der Waals surface area contributed by atoms with Crippen molar-refractivity contribution in [3.8, 4) is 22.9 Å². The van der Waals surface area contributed by atoms with Gasteiger partial charge in [0, 0.05) is 41.1 Å². The molecule has 3 aromatic rings. The number of ether oxygens (including phenoxy) is 2. The molecule has 2 aliphatic rings. The van der Waals surface area contributed by atoms with Gasteiger partial charge in [0.2, 0.25) is 0 Å². The van der Waals surface area contributed by atoms with E-state index in [1.807, 2.05) is 13.0 Å². The minimum absolute atomic E-state index is 0.433. The second-order valence-corrected chi connectivity index (χ2v) is 9.03. The lowest BCUT2D eigenvalue weighted by atomic mass is 9.78. The molecular formula is C23H26ClN5O2. The zero-order valence-corrected chi connectivity index (χ0v) is 18.8. The molecule has 1 aliphatic carbocycles. The van der Waals surface area contributed by atoms with Gasteiger partial charge >= 0.3 is 0 Å². The standard InChI is InChI=1S/C23H26ClN5O2/c1-13-16(30-2)9-17(31-3)20(24)19(13)21-27-15-10-26-18(25)8-14(15)22(28-21)29-11-23(12-29)6-4-5-7-23/h8-10H,4-7,11-12H2,1-3H3,(H2,25,26). The van der Waals surface area contributed by atoms with Crippen molar-refractivity contribution in [1.82, 2.24) is 15.0 Å². The molecule has 162 valence electrons. The third-order valence-corrected chi connectivity index (χ3v) is 7.08. The van der Waals surface area contributed by atoms with Crippen LogP contribution < -0.4 is 20.1 Å².